The molecule has 20 heavy (non-hydrogen) atoms. The second-order valence-electron chi connectivity index (χ2n) is 4.36. The summed E-state index contributed by atoms with van der Waals surface area (Å²) in [7, 11) is 0. The third-order valence-corrected chi connectivity index (χ3v) is 3.17. The van der Waals surface area contributed by atoms with Crippen LogP contribution >= 0.6 is 0 Å². The Morgan fingerprint density at radius 1 is 1.00 bits per heavy atom. The number of aryl methyl sites for hydroxylation is 1. The van der Waals surface area contributed by atoms with Gasteiger partial charge in [-0.2, -0.15) is 0 Å². The van der Waals surface area contributed by atoms with E-state index in [1.807, 2.05) is 33.8 Å². The van der Waals surface area contributed by atoms with Crippen molar-refractivity contribution in [3.05, 3.63) is 52.9 Å². The largest absolute Gasteiger partial charge is 0.457 e. The average Bonchev–Trinajstić information content (AvgIpc) is 2.70. The van der Waals surface area contributed by atoms with Crippen LogP contribution in [0, 0.1) is 0 Å². The third-order valence-electron chi connectivity index (χ3n) is 3.17. The molecule has 0 amide bonds. The van der Waals surface area contributed by atoms with Crippen molar-refractivity contribution in [2.45, 2.75) is 47.5 Å². The number of rotatable bonds is 0. The number of fused-ring (bicyclic) bond motifs is 1. The number of dihydropyridines is 1. The monoisotopic (exact) mass is 273 g/mol. The van der Waals surface area contributed by atoms with Gasteiger partial charge in [-0.3, -0.25) is 0 Å². The van der Waals surface area contributed by atoms with Crippen LogP contribution in [-0.2, 0) is 6.42 Å². The molecule has 110 valence electrons. The van der Waals surface area contributed by atoms with Gasteiger partial charge in [-0.25, -0.2) is 0 Å². The van der Waals surface area contributed by atoms with Crippen molar-refractivity contribution >= 4 is 0 Å². The zero-order chi connectivity index (χ0) is 15.0. The molecule has 0 radical (unpaired) electrons. The van der Waals surface area contributed by atoms with E-state index in [0.717, 1.165) is 30.9 Å². The molecule has 2 nitrogen and oxygen atoms in total. The maximum atomic E-state index is 5.99. The molecule has 0 fully saturated rings. The minimum atomic E-state index is 0.922. The van der Waals surface area contributed by atoms with Gasteiger partial charge in [0.2, 0.25) is 0 Å². The summed E-state index contributed by atoms with van der Waals surface area (Å²) in [5.41, 5.74) is 3.86. The second-order valence-corrected chi connectivity index (χ2v) is 4.36. The molecule has 1 aromatic rings. The van der Waals surface area contributed by atoms with Crippen molar-refractivity contribution in [3.8, 4) is 5.75 Å². The van der Waals surface area contributed by atoms with Crippen LogP contribution in [0.3, 0.4) is 0 Å². The molecule has 0 unspecified atom stereocenters. The van der Waals surface area contributed by atoms with E-state index in [2.05, 4.69) is 36.5 Å². The Hall–Kier alpha value is -1.70. The van der Waals surface area contributed by atoms with Crippen molar-refractivity contribution in [2.24, 2.45) is 0 Å². The number of hydrogen-bond acceptors (Lipinski definition) is 2. The Labute approximate surface area is 123 Å². The quantitative estimate of drug-likeness (QED) is 0.731. The fourth-order valence-electron chi connectivity index (χ4n) is 2.21. The van der Waals surface area contributed by atoms with Gasteiger partial charge < -0.3 is 10.1 Å². The number of hydrogen-bond donors (Lipinski definition) is 1. The molecule has 2 aliphatic rings. The minimum Gasteiger partial charge on any atom is -0.457 e. The molecule has 0 atom stereocenters. The maximum absolute atomic E-state index is 5.99. The fraction of sp³-hybridized carbons (Fsp3) is 0.444. The van der Waals surface area contributed by atoms with Gasteiger partial charge in [0.15, 0.2) is 0 Å². The summed E-state index contributed by atoms with van der Waals surface area (Å²) in [6.07, 6.45) is 4.26. The molecule has 2 heteroatoms. The molecular weight excluding hydrogens is 246 g/mol. The standard InChI is InChI=1S/C14H15NO.2C2H6/c1-10-8-14-12(9-15-10)7-6-11-4-2-3-5-13(11)16-14;2*1-2/h2-5,8,15H,6-7,9H2,1H3;2*1-2H3. The molecule has 0 bridgehead atoms. The molecule has 0 aliphatic carbocycles. The van der Waals surface area contributed by atoms with E-state index >= 15 is 0 Å². The normalized spacial score (nSPS) is 15.6. The highest BCUT2D eigenvalue weighted by Gasteiger charge is 2.18. The number of allylic oxidation sites excluding steroid dienone is 2. The third kappa shape index (κ3) is 3.89. The van der Waals surface area contributed by atoms with E-state index in [1.165, 1.54) is 16.8 Å². The molecule has 0 saturated heterocycles. The van der Waals surface area contributed by atoms with Crippen molar-refractivity contribution < 1.29 is 4.74 Å². The second kappa shape index (κ2) is 8.47. The van der Waals surface area contributed by atoms with Crippen molar-refractivity contribution in [1.82, 2.24) is 5.32 Å². The minimum absolute atomic E-state index is 0.922. The van der Waals surface area contributed by atoms with E-state index in [0.29, 0.717) is 0 Å². The van der Waals surface area contributed by atoms with Crippen LogP contribution in [0.2, 0.25) is 0 Å². The van der Waals surface area contributed by atoms with Gasteiger partial charge in [0, 0.05) is 12.2 Å². The summed E-state index contributed by atoms with van der Waals surface area (Å²) in [5, 5.41) is 3.36. The Morgan fingerprint density at radius 2 is 1.70 bits per heavy atom. The number of ether oxygens (including phenoxy) is 1. The molecule has 0 saturated carbocycles. The van der Waals surface area contributed by atoms with E-state index in [1.54, 1.807) is 0 Å². The lowest BCUT2D eigenvalue weighted by Crippen LogP contribution is -2.21. The van der Waals surface area contributed by atoms with E-state index in [9.17, 15) is 0 Å². The lowest BCUT2D eigenvalue weighted by molar-refractivity contribution is 0.431. The Bertz CT molecular complexity index is 486. The lowest BCUT2D eigenvalue weighted by atomic mass is 10.0. The van der Waals surface area contributed by atoms with Gasteiger partial charge in [0.1, 0.15) is 11.5 Å². The molecule has 2 heterocycles. The predicted octanol–water partition coefficient (Wildman–Crippen LogP) is 4.83. The molecule has 1 N–H and O–H groups in total. The lowest BCUT2D eigenvalue weighted by Gasteiger charge is -2.18. The molecule has 1 aromatic carbocycles. The van der Waals surface area contributed by atoms with Gasteiger partial charge in [0.05, 0.1) is 0 Å². The van der Waals surface area contributed by atoms with Crippen LogP contribution in [0.15, 0.2) is 47.4 Å². The van der Waals surface area contributed by atoms with E-state index < -0.39 is 0 Å². The molecule has 3 rings (SSSR count). The number of benzene rings is 1. The molecular formula is C18H27NO. The summed E-state index contributed by atoms with van der Waals surface area (Å²) < 4.78 is 5.99. The van der Waals surface area contributed by atoms with Crippen LogP contribution in [0.4, 0.5) is 0 Å². The topological polar surface area (TPSA) is 21.3 Å². The van der Waals surface area contributed by atoms with Gasteiger partial charge in [-0.1, -0.05) is 45.9 Å². The van der Waals surface area contributed by atoms with Crippen LogP contribution in [0.5, 0.6) is 5.75 Å². The zero-order valence-corrected chi connectivity index (χ0v) is 13.4. The van der Waals surface area contributed by atoms with Gasteiger partial charge in [0.25, 0.3) is 0 Å². The summed E-state index contributed by atoms with van der Waals surface area (Å²) >= 11 is 0. The average molecular weight is 273 g/mol. The van der Waals surface area contributed by atoms with Gasteiger partial charge in [-0.05, 0) is 43.0 Å². The molecule has 0 spiro atoms. The fourth-order valence-corrected chi connectivity index (χ4v) is 2.21. The summed E-state index contributed by atoms with van der Waals surface area (Å²) in [4.78, 5) is 0. The van der Waals surface area contributed by atoms with Crippen LogP contribution in [0.1, 0.15) is 46.6 Å². The summed E-state index contributed by atoms with van der Waals surface area (Å²) in [6.45, 7) is 11.0. The highest BCUT2D eigenvalue weighted by atomic mass is 16.5. The smallest absolute Gasteiger partial charge is 0.130 e. The number of nitrogens with one attached hydrogen (secondary N) is 1. The van der Waals surface area contributed by atoms with Gasteiger partial charge in [-0.15, -0.1) is 0 Å². The van der Waals surface area contributed by atoms with Crippen molar-refractivity contribution in [2.75, 3.05) is 6.54 Å². The van der Waals surface area contributed by atoms with Crippen LogP contribution in [0.25, 0.3) is 0 Å². The highest BCUT2D eigenvalue weighted by Crippen LogP contribution is 2.30. The van der Waals surface area contributed by atoms with Crippen molar-refractivity contribution in [3.63, 3.8) is 0 Å². The van der Waals surface area contributed by atoms with Crippen LogP contribution in [-0.4, -0.2) is 6.54 Å². The SMILES string of the molecule is CC.CC.CC1=CC2=C(CCc3ccccc3O2)CN1. The van der Waals surface area contributed by atoms with Gasteiger partial charge >= 0.3 is 0 Å². The first kappa shape index (κ1) is 16.4. The Kier molecular flexibility index (Phi) is 6.92. The Balaban J connectivity index is 0.000000461. The van der Waals surface area contributed by atoms with Crippen LogP contribution < -0.4 is 10.1 Å². The highest BCUT2D eigenvalue weighted by molar-refractivity contribution is 5.41. The maximum Gasteiger partial charge on any atom is 0.130 e. The molecule has 0 aromatic heterocycles. The van der Waals surface area contributed by atoms with E-state index in [-0.39, 0.29) is 0 Å². The van der Waals surface area contributed by atoms with Crippen molar-refractivity contribution in [1.29, 1.82) is 0 Å². The summed E-state index contributed by atoms with van der Waals surface area (Å²) in [6, 6.07) is 8.31. The first-order chi connectivity index (χ1) is 9.83. The van der Waals surface area contributed by atoms with E-state index in [4.69, 9.17) is 4.74 Å². The number of para-hydroxylation sites is 1. The summed E-state index contributed by atoms with van der Waals surface area (Å²) in [5.74, 6) is 2.06. The first-order valence-corrected chi connectivity index (χ1v) is 7.73. The molecule has 2 aliphatic heterocycles. The zero-order valence-electron chi connectivity index (χ0n) is 13.4. The predicted molar refractivity (Wildman–Crippen MR) is 86.9 cm³/mol. The first-order valence-electron chi connectivity index (χ1n) is 7.73. The Morgan fingerprint density at radius 3 is 2.45 bits per heavy atom.